The molecule has 0 spiro atoms. The van der Waals surface area contributed by atoms with Crippen LogP contribution in [0, 0.1) is 5.82 Å². The van der Waals surface area contributed by atoms with Crippen LogP contribution < -0.4 is 10.6 Å². The Morgan fingerprint density at radius 2 is 2.17 bits per heavy atom. The van der Waals surface area contributed by atoms with Crippen LogP contribution >= 0.6 is 0 Å². The lowest BCUT2D eigenvalue weighted by atomic mass is 10.2. The van der Waals surface area contributed by atoms with Crippen molar-refractivity contribution in [3.05, 3.63) is 29.6 Å². The van der Waals surface area contributed by atoms with Gasteiger partial charge in [0.05, 0.1) is 0 Å². The molecule has 0 unspecified atom stereocenters. The number of carbonyl (C=O) groups excluding carboxylic acids is 1. The second-order valence-corrected chi connectivity index (χ2v) is 4.42. The molecule has 3 N–H and O–H groups in total. The first kappa shape index (κ1) is 14.4. The van der Waals surface area contributed by atoms with Crippen molar-refractivity contribution in [2.24, 2.45) is 0 Å². The van der Waals surface area contributed by atoms with Gasteiger partial charge in [0.15, 0.2) is 0 Å². The monoisotopic (exact) mass is 254 g/mol. The zero-order valence-electron chi connectivity index (χ0n) is 10.7. The van der Waals surface area contributed by atoms with Gasteiger partial charge < -0.3 is 15.7 Å². The van der Waals surface area contributed by atoms with Crippen LogP contribution in [0.3, 0.4) is 0 Å². The maximum Gasteiger partial charge on any atom is 0.221 e. The van der Waals surface area contributed by atoms with Crippen LogP contribution in [-0.2, 0) is 11.3 Å². The molecule has 1 aromatic rings. The summed E-state index contributed by atoms with van der Waals surface area (Å²) in [6, 6.07) is 3.92. The Morgan fingerprint density at radius 3 is 2.83 bits per heavy atom. The van der Waals surface area contributed by atoms with Crippen LogP contribution in [0.1, 0.15) is 25.8 Å². The lowest BCUT2D eigenvalue weighted by Crippen LogP contribution is -2.32. The normalized spacial score (nSPS) is 10.7. The number of hydrogen-bond donors (Lipinski definition) is 3. The number of phenols is 1. The van der Waals surface area contributed by atoms with E-state index in [0.717, 1.165) is 0 Å². The fourth-order valence-corrected chi connectivity index (χ4v) is 1.51. The van der Waals surface area contributed by atoms with Gasteiger partial charge in [-0.3, -0.25) is 4.79 Å². The van der Waals surface area contributed by atoms with E-state index in [1.807, 2.05) is 13.8 Å². The third-order valence-corrected chi connectivity index (χ3v) is 2.34. The van der Waals surface area contributed by atoms with E-state index < -0.39 is 0 Å². The predicted molar refractivity (Wildman–Crippen MR) is 67.7 cm³/mol. The summed E-state index contributed by atoms with van der Waals surface area (Å²) in [6.45, 7) is 4.61. The van der Waals surface area contributed by atoms with Gasteiger partial charge in [0.2, 0.25) is 5.91 Å². The first-order chi connectivity index (χ1) is 8.49. The van der Waals surface area contributed by atoms with Crippen molar-refractivity contribution in [3.63, 3.8) is 0 Å². The lowest BCUT2D eigenvalue weighted by molar-refractivity contribution is -0.121. The number of halogens is 1. The van der Waals surface area contributed by atoms with E-state index in [0.29, 0.717) is 25.1 Å². The topological polar surface area (TPSA) is 61.4 Å². The van der Waals surface area contributed by atoms with Gasteiger partial charge in [0.1, 0.15) is 11.6 Å². The van der Waals surface area contributed by atoms with E-state index in [-0.39, 0.29) is 23.5 Å². The molecule has 0 atom stereocenters. The number of nitrogens with one attached hydrogen (secondary N) is 2. The Hall–Kier alpha value is -1.62. The Bertz CT molecular complexity index is 408. The van der Waals surface area contributed by atoms with E-state index in [4.69, 9.17) is 0 Å². The third kappa shape index (κ3) is 5.14. The minimum atomic E-state index is -0.387. The highest BCUT2D eigenvalue weighted by atomic mass is 19.1. The lowest BCUT2D eigenvalue weighted by Gasteiger charge is -2.09. The smallest absolute Gasteiger partial charge is 0.221 e. The summed E-state index contributed by atoms with van der Waals surface area (Å²) >= 11 is 0. The van der Waals surface area contributed by atoms with Crippen LogP contribution in [0.5, 0.6) is 5.75 Å². The van der Waals surface area contributed by atoms with Gasteiger partial charge >= 0.3 is 0 Å². The van der Waals surface area contributed by atoms with Gasteiger partial charge in [-0.1, -0.05) is 0 Å². The second kappa shape index (κ2) is 6.96. The van der Waals surface area contributed by atoms with Crippen molar-refractivity contribution in [2.75, 3.05) is 6.54 Å². The fourth-order valence-electron chi connectivity index (χ4n) is 1.51. The highest BCUT2D eigenvalue weighted by Gasteiger charge is 2.04. The molecule has 1 rings (SSSR count). The molecular formula is C13H19FN2O2. The molecule has 1 aromatic carbocycles. The molecule has 0 aromatic heterocycles. The number of benzene rings is 1. The first-order valence-electron chi connectivity index (χ1n) is 5.96. The third-order valence-electron chi connectivity index (χ3n) is 2.34. The molecule has 0 fully saturated rings. The van der Waals surface area contributed by atoms with Crippen molar-refractivity contribution in [2.45, 2.75) is 32.9 Å². The number of phenolic OH excluding ortho intramolecular Hbond substituents is 1. The van der Waals surface area contributed by atoms with Crippen LogP contribution in [0.4, 0.5) is 4.39 Å². The molecule has 0 saturated carbocycles. The van der Waals surface area contributed by atoms with E-state index in [2.05, 4.69) is 10.6 Å². The van der Waals surface area contributed by atoms with Crippen molar-refractivity contribution in [3.8, 4) is 5.75 Å². The van der Waals surface area contributed by atoms with Crippen LogP contribution in [0.2, 0.25) is 0 Å². The average Bonchev–Trinajstić information content (AvgIpc) is 2.28. The maximum absolute atomic E-state index is 12.9. The van der Waals surface area contributed by atoms with Gasteiger partial charge in [0, 0.05) is 31.1 Å². The maximum atomic E-state index is 12.9. The molecule has 0 aliphatic carbocycles. The van der Waals surface area contributed by atoms with Crippen molar-refractivity contribution in [1.29, 1.82) is 0 Å². The SMILES string of the molecule is CC(C)NC(=O)CCNCc1cc(F)ccc1O. The zero-order valence-corrected chi connectivity index (χ0v) is 10.7. The molecule has 0 aliphatic heterocycles. The number of rotatable bonds is 6. The van der Waals surface area contributed by atoms with Crippen molar-refractivity contribution < 1.29 is 14.3 Å². The molecule has 5 heteroatoms. The van der Waals surface area contributed by atoms with E-state index in [1.165, 1.54) is 18.2 Å². The summed E-state index contributed by atoms with van der Waals surface area (Å²) in [6.07, 6.45) is 0.355. The molecule has 0 aliphatic rings. The Morgan fingerprint density at radius 1 is 1.44 bits per heavy atom. The molecule has 1 amide bonds. The Labute approximate surface area is 106 Å². The summed E-state index contributed by atoms with van der Waals surface area (Å²) in [5.41, 5.74) is 0.485. The average molecular weight is 254 g/mol. The summed E-state index contributed by atoms with van der Waals surface area (Å²) in [7, 11) is 0. The molecule has 0 bridgehead atoms. The number of aromatic hydroxyl groups is 1. The highest BCUT2D eigenvalue weighted by molar-refractivity contribution is 5.76. The van der Waals surface area contributed by atoms with E-state index in [1.54, 1.807) is 0 Å². The van der Waals surface area contributed by atoms with Crippen LogP contribution in [-0.4, -0.2) is 23.6 Å². The largest absolute Gasteiger partial charge is 0.508 e. The van der Waals surface area contributed by atoms with Crippen LogP contribution in [0.25, 0.3) is 0 Å². The summed E-state index contributed by atoms with van der Waals surface area (Å²) in [5.74, 6) is -0.362. The number of amides is 1. The minimum Gasteiger partial charge on any atom is -0.508 e. The first-order valence-corrected chi connectivity index (χ1v) is 5.96. The van der Waals surface area contributed by atoms with Crippen LogP contribution in [0.15, 0.2) is 18.2 Å². The second-order valence-electron chi connectivity index (χ2n) is 4.42. The van der Waals surface area contributed by atoms with Gasteiger partial charge in [0.25, 0.3) is 0 Å². The van der Waals surface area contributed by atoms with Crippen molar-refractivity contribution in [1.82, 2.24) is 10.6 Å². The summed E-state index contributed by atoms with van der Waals surface area (Å²) in [4.78, 5) is 11.3. The summed E-state index contributed by atoms with van der Waals surface area (Å²) in [5, 5.41) is 15.2. The molecule has 0 heterocycles. The summed E-state index contributed by atoms with van der Waals surface area (Å²) < 4.78 is 12.9. The zero-order chi connectivity index (χ0) is 13.5. The number of carbonyl (C=O) groups is 1. The Kier molecular flexibility index (Phi) is 5.58. The minimum absolute atomic E-state index is 0.0269. The molecule has 0 radical (unpaired) electrons. The van der Waals surface area contributed by atoms with Crippen molar-refractivity contribution >= 4 is 5.91 Å². The van der Waals surface area contributed by atoms with Gasteiger partial charge in [-0.2, -0.15) is 0 Å². The van der Waals surface area contributed by atoms with Gasteiger partial charge in [-0.15, -0.1) is 0 Å². The van der Waals surface area contributed by atoms with Gasteiger partial charge in [-0.25, -0.2) is 4.39 Å². The molecular weight excluding hydrogens is 235 g/mol. The Balaban J connectivity index is 2.29. The van der Waals surface area contributed by atoms with E-state index in [9.17, 15) is 14.3 Å². The fraction of sp³-hybridized carbons (Fsp3) is 0.462. The predicted octanol–water partition coefficient (Wildman–Crippen LogP) is 1.54. The number of hydrogen-bond acceptors (Lipinski definition) is 3. The quantitative estimate of drug-likeness (QED) is 0.675. The standard InChI is InChI=1S/C13H19FN2O2/c1-9(2)16-13(18)5-6-15-8-10-7-11(14)3-4-12(10)17/h3-4,7,9,15,17H,5-6,8H2,1-2H3,(H,16,18). The highest BCUT2D eigenvalue weighted by Crippen LogP contribution is 2.17. The van der Waals surface area contributed by atoms with Gasteiger partial charge in [-0.05, 0) is 32.0 Å². The van der Waals surface area contributed by atoms with E-state index >= 15 is 0 Å². The molecule has 18 heavy (non-hydrogen) atoms. The molecule has 0 saturated heterocycles. The molecule has 4 nitrogen and oxygen atoms in total. The molecule has 100 valence electrons.